The van der Waals surface area contributed by atoms with E-state index in [1.807, 2.05) is 0 Å². The van der Waals surface area contributed by atoms with E-state index in [0.29, 0.717) is 0 Å². The van der Waals surface area contributed by atoms with E-state index in [1.165, 1.54) is 54.1 Å². The second-order valence-electron chi connectivity index (χ2n) is 13.0. The third kappa shape index (κ3) is 3.73. The fourth-order valence-corrected chi connectivity index (χ4v) is 8.97. The quantitative estimate of drug-likeness (QED) is 0.197. The number of nitrogens with zero attached hydrogens (tertiary/aromatic N) is 3. The van der Waals surface area contributed by atoms with E-state index in [4.69, 9.17) is 9.97 Å². The smallest absolute Gasteiger partial charge is 0.161 e. The molecule has 10 rings (SSSR count). The Hall–Kier alpha value is -5.58. The largest absolute Gasteiger partial charge is 0.309 e. The number of para-hydroxylation sites is 1. The number of thiophene rings is 1. The molecule has 0 saturated carbocycles. The van der Waals surface area contributed by atoms with Gasteiger partial charge in [0.05, 0.1) is 16.7 Å². The molecule has 0 unspecified atom stereocenters. The highest BCUT2D eigenvalue weighted by Crippen LogP contribution is 2.53. The minimum atomic E-state index is -0.126. The topological polar surface area (TPSA) is 30.7 Å². The maximum absolute atomic E-state index is 5.23. The van der Waals surface area contributed by atoms with Gasteiger partial charge in [0, 0.05) is 48.5 Å². The lowest BCUT2D eigenvalue weighted by Gasteiger charge is -2.23. The van der Waals surface area contributed by atoms with Crippen molar-refractivity contribution in [3.63, 3.8) is 0 Å². The monoisotopic (exact) mass is 619 g/mol. The van der Waals surface area contributed by atoms with Crippen LogP contribution in [0.25, 0.3) is 81.6 Å². The number of hydrogen-bond donors (Lipinski definition) is 0. The highest BCUT2D eigenvalue weighted by molar-refractivity contribution is 7.25. The van der Waals surface area contributed by atoms with Crippen molar-refractivity contribution in [3.05, 3.63) is 151 Å². The molecule has 0 saturated heterocycles. The Labute approximate surface area is 276 Å². The molecule has 4 heteroatoms. The third-order valence-electron chi connectivity index (χ3n) is 10.0. The first-order chi connectivity index (χ1) is 23.1. The molecule has 3 heterocycles. The summed E-state index contributed by atoms with van der Waals surface area (Å²) in [5, 5.41) is 4.89. The van der Waals surface area contributed by atoms with Crippen molar-refractivity contribution in [3.8, 4) is 39.5 Å². The van der Waals surface area contributed by atoms with E-state index in [2.05, 4.69) is 158 Å². The summed E-state index contributed by atoms with van der Waals surface area (Å²) in [5.74, 6) is 0.745. The molecule has 9 aromatic rings. The van der Waals surface area contributed by atoms with E-state index in [-0.39, 0.29) is 5.41 Å². The number of benzene rings is 6. The molecule has 0 N–H and O–H groups in total. The number of hydrogen-bond acceptors (Lipinski definition) is 3. The standard InChI is InChI=1S/C43H29N3S/c1-43(2)34-17-9-6-14-29(34)31-24-25-32-30-15-7-10-18-35(30)46(40(32)38(31)43)28-22-20-27(21-23-28)41-44-39(26-12-4-3-5-13-26)37-33-16-8-11-19-36(33)47-42(37)45-41/h3-25H,1-2H3. The maximum atomic E-state index is 5.23. The van der Waals surface area contributed by atoms with Crippen molar-refractivity contribution < 1.29 is 0 Å². The van der Waals surface area contributed by atoms with Crippen molar-refractivity contribution in [1.82, 2.24) is 14.5 Å². The molecule has 47 heavy (non-hydrogen) atoms. The SMILES string of the molecule is CC1(C)c2ccccc2-c2ccc3c4ccccc4n(-c4ccc(-c5nc(-c6ccccc6)c6c(n5)sc5ccccc56)cc4)c3c21. The van der Waals surface area contributed by atoms with Crippen LogP contribution in [0, 0.1) is 0 Å². The Balaban J connectivity index is 1.18. The molecule has 222 valence electrons. The number of aromatic nitrogens is 3. The molecule has 0 bridgehead atoms. The van der Waals surface area contributed by atoms with E-state index < -0.39 is 0 Å². The van der Waals surface area contributed by atoms with Crippen molar-refractivity contribution in [2.75, 3.05) is 0 Å². The van der Waals surface area contributed by atoms with Gasteiger partial charge in [-0.1, -0.05) is 117 Å². The van der Waals surface area contributed by atoms with Gasteiger partial charge in [0.25, 0.3) is 0 Å². The van der Waals surface area contributed by atoms with Gasteiger partial charge in [-0.25, -0.2) is 9.97 Å². The van der Waals surface area contributed by atoms with E-state index in [9.17, 15) is 0 Å². The minimum absolute atomic E-state index is 0.126. The third-order valence-corrected chi connectivity index (χ3v) is 11.1. The summed E-state index contributed by atoms with van der Waals surface area (Å²) in [6.07, 6.45) is 0. The van der Waals surface area contributed by atoms with Crippen LogP contribution in [0.15, 0.2) is 140 Å². The summed E-state index contributed by atoms with van der Waals surface area (Å²) in [6.45, 7) is 4.74. The van der Waals surface area contributed by atoms with Crippen LogP contribution in [0.5, 0.6) is 0 Å². The molecular weight excluding hydrogens is 591 g/mol. The summed E-state index contributed by atoms with van der Waals surface area (Å²) in [7, 11) is 0. The van der Waals surface area contributed by atoms with Crippen LogP contribution in [-0.2, 0) is 5.41 Å². The number of rotatable bonds is 3. The molecular formula is C43H29N3S. The lowest BCUT2D eigenvalue weighted by molar-refractivity contribution is 0.664. The van der Waals surface area contributed by atoms with Crippen molar-refractivity contribution >= 4 is 53.4 Å². The molecule has 0 amide bonds. The molecule has 0 aliphatic heterocycles. The zero-order valence-electron chi connectivity index (χ0n) is 26.0. The van der Waals surface area contributed by atoms with Crippen LogP contribution in [0.1, 0.15) is 25.0 Å². The molecule has 1 aliphatic carbocycles. The van der Waals surface area contributed by atoms with Gasteiger partial charge in [-0.15, -0.1) is 11.3 Å². The van der Waals surface area contributed by atoms with Gasteiger partial charge in [0.15, 0.2) is 5.82 Å². The molecule has 1 aliphatic rings. The van der Waals surface area contributed by atoms with E-state index in [0.717, 1.165) is 38.5 Å². The van der Waals surface area contributed by atoms with Crippen LogP contribution < -0.4 is 0 Å². The average molecular weight is 620 g/mol. The normalized spacial score (nSPS) is 13.5. The van der Waals surface area contributed by atoms with Gasteiger partial charge in [-0.2, -0.15) is 0 Å². The Kier molecular flexibility index (Phi) is 5.50. The predicted molar refractivity (Wildman–Crippen MR) is 198 cm³/mol. The van der Waals surface area contributed by atoms with Crippen molar-refractivity contribution in [1.29, 1.82) is 0 Å². The van der Waals surface area contributed by atoms with Crippen LogP contribution in [0.4, 0.5) is 0 Å². The van der Waals surface area contributed by atoms with Gasteiger partial charge >= 0.3 is 0 Å². The second kappa shape index (κ2) is 9.71. The van der Waals surface area contributed by atoms with Crippen LogP contribution in [0.3, 0.4) is 0 Å². The predicted octanol–water partition coefficient (Wildman–Crippen LogP) is 11.6. The van der Waals surface area contributed by atoms with Gasteiger partial charge in [0.1, 0.15) is 4.83 Å². The molecule has 6 aromatic carbocycles. The Bertz CT molecular complexity index is 2700. The molecule has 0 spiro atoms. The van der Waals surface area contributed by atoms with Gasteiger partial charge in [-0.05, 0) is 58.7 Å². The first kappa shape index (κ1) is 26.6. The summed E-state index contributed by atoms with van der Waals surface area (Å²) >= 11 is 1.73. The lowest BCUT2D eigenvalue weighted by atomic mass is 9.81. The Morgan fingerprint density at radius 3 is 2.15 bits per heavy atom. The van der Waals surface area contributed by atoms with E-state index in [1.54, 1.807) is 11.3 Å². The second-order valence-corrected chi connectivity index (χ2v) is 14.0. The molecule has 3 nitrogen and oxygen atoms in total. The maximum Gasteiger partial charge on any atom is 0.161 e. The average Bonchev–Trinajstić information content (AvgIpc) is 3.74. The lowest BCUT2D eigenvalue weighted by Crippen LogP contribution is -2.16. The van der Waals surface area contributed by atoms with Gasteiger partial charge in [0.2, 0.25) is 0 Å². The van der Waals surface area contributed by atoms with Crippen LogP contribution in [-0.4, -0.2) is 14.5 Å². The molecule has 3 aromatic heterocycles. The summed E-state index contributed by atoms with van der Waals surface area (Å²) in [4.78, 5) is 11.4. The summed E-state index contributed by atoms with van der Waals surface area (Å²) in [5.41, 5.74) is 12.0. The van der Waals surface area contributed by atoms with Crippen molar-refractivity contribution in [2.45, 2.75) is 19.3 Å². The van der Waals surface area contributed by atoms with E-state index >= 15 is 0 Å². The summed E-state index contributed by atoms with van der Waals surface area (Å²) < 4.78 is 3.69. The molecule has 0 fully saturated rings. The Morgan fingerprint density at radius 1 is 0.574 bits per heavy atom. The first-order valence-corrected chi connectivity index (χ1v) is 16.9. The highest BCUT2D eigenvalue weighted by atomic mass is 32.1. The zero-order valence-corrected chi connectivity index (χ0v) is 26.8. The highest BCUT2D eigenvalue weighted by Gasteiger charge is 2.38. The number of fused-ring (bicyclic) bond motifs is 10. The fraction of sp³-hybridized carbons (Fsp3) is 0.0698. The molecule has 0 atom stereocenters. The minimum Gasteiger partial charge on any atom is -0.309 e. The zero-order chi connectivity index (χ0) is 31.3. The fourth-order valence-electron chi connectivity index (χ4n) is 7.90. The first-order valence-electron chi connectivity index (χ1n) is 16.1. The van der Waals surface area contributed by atoms with Crippen LogP contribution in [0.2, 0.25) is 0 Å². The molecule has 0 radical (unpaired) electrons. The van der Waals surface area contributed by atoms with Crippen LogP contribution >= 0.6 is 11.3 Å². The van der Waals surface area contributed by atoms with Gasteiger partial charge < -0.3 is 4.57 Å². The van der Waals surface area contributed by atoms with Crippen molar-refractivity contribution in [2.24, 2.45) is 0 Å². The van der Waals surface area contributed by atoms with Gasteiger partial charge in [-0.3, -0.25) is 0 Å². The summed E-state index contributed by atoms with van der Waals surface area (Å²) in [6, 6.07) is 50.2. The Morgan fingerprint density at radius 2 is 1.30 bits per heavy atom.